The lowest BCUT2D eigenvalue weighted by Gasteiger charge is -2.37. The molecule has 0 bridgehead atoms. The van der Waals surface area contributed by atoms with Crippen molar-refractivity contribution < 1.29 is 0 Å². The number of nitrogens with one attached hydrogen (secondary N) is 1. The molecule has 1 saturated heterocycles. The lowest BCUT2D eigenvalue weighted by atomic mass is 10.0. The highest BCUT2D eigenvalue weighted by Gasteiger charge is 2.26. The summed E-state index contributed by atoms with van der Waals surface area (Å²) >= 11 is 1.86. The van der Waals surface area contributed by atoms with E-state index in [1.807, 2.05) is 17.5 Å². The summed E-state index contributed by atoms with van der Waals surface area (Å²) in [4.78, 5) is 8.55. The van der Waals surface area contributed by atoms with Gasteiger partial charge in [-0.05, 0) is 18.9 Å². The van der Waals surface area contributed by atoms with E-state index >= 15 is 0 Å². The predicted molar refractivity (Wildman–Crippen MR) is 88.7 cm³/mol. The summed E-state index contributed by atoms with van der Waals surface area (Å²) in [7, 11) is 0. The van der Waals surface area contributed by atoms with Crippen molar-refractivity contribution in [2.45, 2.75) is 32.4 Å². The van der Waals surface area contributed by atoms with Crippen molar-refractivity contribution in [3.05, 3.63) is 52.0 Å². The molecule has 2 atom stereocenters. The van der Waals surface area contributed by atoms with Crippen LogP contribution in [-0.2, 0) is 6.42 Å². The minimum Gasteiger partial charge on any atom is -0.308 e. The van der Waals surface area contributed by atoms with Gasteiger partial charge < -0.3 is 5.32 Å². The summed E-state index contributed by atoms with van der Waals surface area (Å²) in [5.41, 5.74) is 1.38. The standard InChI is InChI=1S/C17H23N3S/c1-3-15-11-19-17(21-15)13(2)20-10-9-18-16(12-20)14-7-5-4-6-8-14/h4-8,11,13,16,18H,3,9-10,12H2,1-2H3. The summed E-state index contributed by atoms with van der Waals surface area (Å²) < 4.78 is 0. The highest BCUT2D eigenvalue weighted by molar-refractivity contribution is 7.11. The Labute approximate surface area is 131 Å². The Bertz CT molecular complexity index is 566. The monoisotopic (exact) mass is 301 g/mol. The maximum atomic E-state index is 4.62. The van der Waals surface area contributed by atoms with Crippen molar-refractivity contribution >= 4 is 11.3 Å². The molecule has 0 aliphatic carbocycles. The molecule has 4 heteroatoms. The van der Waals surface area contributed by atoms with E-state index in [9.17, 15) is 0 Å². The second-order valence-electron chi connectivity index (χ2n) is 5.61. The van der Waals surface area contributed by atoms with Crippen LogP contribution in [0, 0.1) is 0 Å². The molecule has 3 nitrogen and oxygen atoms in total. The summed E-state index contributed by atoms with van der Waals surface area (Å²) in [5, 5.41) is 4.88. The van der Waals surface area contributed by atoms with Gasteiger partial charge in [0.2, 0.25) is 0 Å². The van der Waals surface area contributed by atoms with E-state index in [0.717, 1.165) is 26.1 Å². The molecule has 1 aromatic heterocycles. The largest absolute Gasteiger partial charge is 0.308 e. The number of aryl methyl sites for hydroxylation is 1. The molecular weight excluding hydrogens is 278 g/mol. The van der Waals surface area contributed by atoms with E-state index in [1.54, 1.807) is 0 Å². The molecule has 2 aromatic rings. The van der Waals surface area contributed by atoms with Crippen LogP contribution < -0.4 is 5.32 Å². The fourth-order valence-corrected chi connectivity index (χ4v) is 3.81. The van der Waals surface area contributed by atoms with Crippen LogP contribution >= 0.6 is 11.3 Å². The zero-order valence-corrected chi connectivity index (χ0v) is 13.6. The molecule has 112 valence electrons. The van der Waals surface area contributed by atoms with Crippen molar-refractivity contribution in [3.63, 3.8) is 0 Å². The number of hydrogen-bond acceptors (Lipinski definition) is 4. The molecule has 1 N–H and O–H groups in total. The first-order valence-corrected chi connectivity index (χ1v) is 8.56. The zero-order chi connectivity index (χ0) is 14.7. The number of nitrogens with zero attached hydrogens (tertiary/aromatic N) is 2. The third-order valence-corrected chi connectivity index (χ3v) is 5.55. The lowest BCUT2D eigenvalue weighted by Crippen LogP contribution is -2.46. The SMILES string of the molecule is CCc1cnc(C(C)N2CCNC(c3ccccc3)C2)s1. The smallest absolute Gasteiger partial charge is 0.110 e. The van der Waals surface area contributed by atoms with E-state index in [-0.39, 0.29) is 0 Å². The zero-order valence-electron chi connectivity index (χ0n) is 12.7. The van der Waals surface area contributed by atoms with Crippen LogP contribution in [0.2, 0.25) is 0 Å². The average molecular weight is 301 g/mol. The number of thiazole rings is 1. The van der Waals surface area contributed by atoms with Crippen molar-refractivity contribution in [1.29, 1.82) is 0 Å². The molecule has 2 unspecified atom stereocenters. The van der Waals surface area contributed by atoms with Crippen molar-refractivity contribution in [3.8, 4) is 0 Å². The second kappa shape index (κ2) is 6.69. The van der Waals surface area contributed by atoms with Gasteiger partial charge >= 0.3 is 0 Å². The van der Waals surface area contributed by atoms with E-state index in [0.29, 0.717) is 12.1 Å². The Kier molecular flexibility index (Phi) is 4.68. The minimum absolute atomic E-state index is 0.406. The molecule has 1 fully saturated rings. The van der Waals surface area contributed by atoms with Gasteiger partial charge in [-0.3, -0.25) is 4.90 Å². The Hall–Kier alpha value is -1.23. The molecule has 0 amide bonds. The quantitative estimate of drug-likeness (QED) is 0.938. The third-order valence-electron chi connectivity index (χ3n) is 4.23. The van der Waals surface area contributed by atoms with E-state index in [2.05, 4.69) is 59.4 Å². The van der Waals surface area contributed by atoms with Crippen LogP contribution in [0.5, 0.6) is 0 Å². The predicted octanol–water partition coefficient (Wildman–Crippen LogP) is 3.41. The Morgan fingerprint density at radius 3 is 2.90 bits per heavy atom. The fourth-order valence-electron chi connectivity index (χ4n) is 2.87. The Morgan fingerprint density at radius 1 is 1.38 bits per heavy atom. The first-order chi connectivity index (χ1) is 10.3. The van der Waals surface area contributed by atoms with Crippen LogP contribution in [0.4, 0.5) is 0 Å². The van der Waals surface area contributed by atoms with Gasteiger partial charge in [0, 0.05) is 36.8 Å². The van der Waals surface area contributed by atoms with Gasteiger partial charge in [-0.25, -0.2) is 4.98 Å². The highest BCUT2D eigenvalue weighted by atomic mass is 32.1. The summed E-state index contributed by atoms with van der Waals surface area (Å²) in [5.74, 6) is 0. The molecule has 1 aliphatic rings. The molecule has 1 aliphatic heterocycles. The normalized spacial score (nSPS) is 21.3. The van der Waals surface area contributed by atoms with Gasteiger partial charge in [-0.15, -0.1) is 11.3 Å². The van der Waals surface area contributed by atoms with E-state index < -0.39 is 0 Å². The topological polar surface area (TPSA) is 28.2 Å². The van der Waals surface area contributed by atoms with Crippen LogP contribution in [0.25, 0.3) is 0 Å². The first kappa shape index (κ1) is 14.7. The first-order valence-electron chi connectivity index (χ1n) is 7.75. The van der Waals surface area contributed by atoms with E-state index in [4.69, 9.17) is 0 Å². The van der Waals surface area contributed by atoms with Gasteiger partial charge in [0.05, 0.1) is 6.04 Å². The van der Waals surface area contributed by atoms with Crippen LogP contribution in [-0.4, -0.2) is 29.5 Å². The number of benzene rings is 1. The fraction of sp³-hybridized carbons (Fsp3) is 0.471. The van der Waals surface area contributed by atoms with Crippen molar-refractivity contribution in [2.75, 3.05) is 19.6 Å². The molecular formula is C17H23N3S. The maximum absolute atomic E-state index is 4.62. The van der Waals surface area contributed by atoms with Gasteiger partial charge in [0.1, 0.15) is 5.01 Å². The third kappa shape index (κ3) is 3.34. The lowest BCUT2D eigenvalue weighted by molar-refractivity contribution is 0.153. The van der Waals surface area contributed by atoms with Crippen molar-refractivity contribution in [2.24, 2.45) is 0 Å². The summed E-state index contributed by atoms with van der Waals surface area (Å²) in [6.07, 6.45) is 3.12. The Morgan fingerprint density at radius 2 is 2.19 bits per heavy atom. The van der Waals surface area contributed by atoms with Gasteiger partial charge in [-0.1, -0.05) is 37.3 Å². The van der Waals surface area contributed by atoms with Gasteiger partial charge in [-0.2, -0.15) is 0 Å². The Balaban J connectivity index is 1.70. The van der Waals surface area contributed by atoms with Crippen molar-refractivity contribution in [1.82, 2.24) is 15.2 Å². The molecule has 21 heavy (non-hydrogen) atoms. The number of hydrogen-bond donors (Lipinski definition) is 1. The molecule has 0 radical (unpaired) electrons. The maximum Gasteiger partial charge on any atom is 0.110 e. The molecule has 3 rings (SSSR count). The summed E-state index contributed by atoms with van der Waals surface area (Å²) in [6.45, 7) is 7.65. The number of piperazine rings is 1. The average Bonchev–Trinajstić information content (AvgIpc) is 3.04. The van der Waals surface area contributed by atoms with Crippen LogP contribution in [0.15, 0.2) is 36.5 Å². The molecule has 0 spiro atoms. The van der Waals surface area contributed by atoms with Gasteiger partial charge in [0.25, 0.3) is 0 Å². The second-order valence-corrected chi connectivity index (χ2v) is 6.75. The summed E-state index contributed by atoms with van der Waals surface area (Å²) in [6, 6.07) is 11.6. The molecule has 0 saturated carbocycles. The molecule has 1 aromatic carbocycles. The minimum atomic E-state index is 0.406. The number of aromatic nitrogens is 1. The molecule has 2 heterocycles. The van der Waals surface area contributed by atoms with Crippen LogP contribution in [0.1, 0.15) is 41.4 Å². The highest BCUT2D eigenvalue weighted by Crippen LogP contribution is 2.28. The van der Waals surface area contributed by atoms with E-state index in [1.165, 1.54) is 15.4 Å². The van der Waals surface area contributed by atoms with Crippen LogP contribution in [0.3, 0.4) is 0 Å². The number of rotatable bonds is 4. The van der Waals surface area contributed by atoms with Gasteiger partial charge in [0.15, 0.2) is 0 Å².